The number of para-hydroxylation sites is 1. The fourth-order valence-electron chi connectivity index (χ4n) is 2.73. The van der Waals surface area contributed by atoms with Gasteiger partial charge in [-0.1, -0.05) is 23.9 Å². The molecule has 0 unspecified atom stereocenters. The second-order valence-corrected chi connectivity index (χ2v) is 7.40. The molecule has 0 spiro atoms. The first kappa shape index (κ1) is 16.5. The van der Waals surface area contributed by atoms with Crippen LogP contribution in [0.5, 0.6) is 0 Å². The van der Waals surface area contributed by atoms with Gasteiger partial charge >= 0.3 is 0 Å². The lowest BCUT2D eigenvalue weighted by Crippen LogP contribution is -2.55. The van der Waals surface area contributed by atoms with Crippen LogP contribution in [0.15, 0.2) is 53.7 Å². The van der Waals surface area contributed by atoms with E-state index in [9.17, 15) is 9.59 Å². The van der Waals surface area contributed by atoms with Crippen LogP contribution >= 0.6 is 11.8 Å². The Labute approximate surface area is 145 Å². The lowest BCUT2D eigenvalue weighted by molar-refractivity contribution is -0.131. The Kier molecular flexibility index (Phi) is 4.32. The van der Waals surface area contributed by atoms with Crippen molar-refractivity contribution in [2.75, 3.05) is 11.9 Å². The highest BCUT2D eigenvalue weighted by Crippen LogP contribution is 2.44. The van der Waals surface area contributed by atoms with Crippen LogP contribution in [0.3, 0.4) is 0 Å². The number of carbonyl (C=O) groups excluding carboxylic acids is 2. The number of pyridine rings is 1. The molecule has 0 fully saturated rings. The predicted molar refractivity (Wildman–Crippen MR) is 94.9 cm³/mol. The second-order valence-electron chi connectivity index (χ2n) is 5.94. The molecule has 6 heteroatoms. The molecule has 2 amide bonds. The minimum absolute atomic E-state index is 0.201. The van der Waals surface area contributed by atoms with Gasteiger partial charge in [-0.2, -0.15) is 0 Å². The van der Waals surface area contributed by atoms with Crippen LogP contribution in [0.1, 0.15) is 25.5 Å². The van der Waals surface area contributed by atoms with Gasteiger partial charge in [0.1, 0.15) is 0 Å². The van der Waals surface area contributed by atoms with Crippen LogP contribution in [0.25, 0.3) is 0 Å². The number of nitrogens with one attached hydrogen (secondary N) is 1. The Bertz CT molecular complexity index is 781. The number of aromatic nitrogens is 1. The summed E-state index contributed by atoms with van der Waals surface area (Å²) in [6, 6.07) is 11.1. The maximum Gasteiger partial charge on any atom is 0.252 e. The minimum Gasteiger partial charge on any atom is -0.348 e. The number of amides is 2. The fourth-order valence-corrected chi connectivity index (χ4v) is 4.00. The van der Waals surface area contributed by atoms with E-state index in [4.69, 9.17) is 0 Å². The van der Waals surface area contributed by atoms with Crippen LogP contribution in [0.4, 0.5) is 5.69 Å². The van der Waals surface area contributed by atoms with Gasteiger partial charge in [-0.05, 0) is 43.7 Å². The maximum absolute atomic E-state index is 12.9. The highest BCUT2D eigenvalue weighted by Gasteiger charge is 2.48. The monoisotopic (exact) mass is 341 g/mol. The molecule has 1 aromatic heterocycles. The molecule has 2 heterocycles. The molecule has 0 aliphatic carbocycles. The summed E-state index contributed by atoms with van der Waals surface area (Å²) in [7, 11) is 1.71. The molecule has 0 saturated heterocycles. The Morgan fingerprint density at radius 1 is 1.25 bits per heavy atom. The number of anilines is 1. The molecule has 1 aliphatic rings. The molecule has 1 aliphatic heterocycles. The van der Waals surface area contributed by atoms with Gasteiger partial charge in [-0.3, -0.25) is 14.6 Å². The van der Waals surface area contributed by atoms with Gasteiger partial charge in [0.2, 0.25) is 5.91 Å². The van der Waals surface area contributed by atoms with Crippen LogP contribution in [-0.4, -0.2) is 28.6 Å². The Balaban J connectivity index is 1.85. The molecule has 0 radical (unpaired) electrons. The van der Waals surface area contributed by atoms with E-state index in [1.807, 2.05) is 43.3 Å². The van der Waals surface area contributed by atoms with Crippen LogP contribution in [0, 0.1) is 0 Å². The number of hydrogen-bond acceptors (Lipinski definition) is 4. The summed E-state index contributed by atoms with van der Waals surface area (Å²) in [5.41, 5.74) is 1.78. The van der Waals surface area contributed by atoms with E-state index in [0.29, 0.717) is 0 Å². The van der Waals surface area contributed by atoms with Gasteiger partial charge in [-0.25, -0.2) is 0 Å². The van der Waals surface area contributed by atoms with Crippen molar-refractivity contribution in [3.63, 3.8) is 0 Å². The highest BCUT2D eigenvalue weighted by atomic mass is 32.2. The van der Waals surface area contributed by atoms with E-state index in [1.165, 1.54) is 11.8 Å². The first-order valence-electron chi connectivity index (χ1n) is 7.70. The molecule has 1 aromatic carbocycles. The van der Waals surface area contributed by atoms with Gasteiger partial charge in [0, 0.05) is 24.3 Å². The summed E-state index contributed by atoms with van der Waals surface area (Å²) in [4.78, 5) is 32.1. The maximum atomic E-state index is 12.9. The number of hydrogen-bond donors (Lipinski definition) is 1. The number of fused-ring (bicyclic) bond motifs is 1. The number of carbonyl (C=O) groups is 2. The van der Waals surface area contributed by atoms with Gasteiger partial charge in [-0.15, -0.1) is 0 Å². The van der Waals surface area contributed by atoms with Gasteiger partial charge in [0.15, 0.2) is 4.75 Å². The number of nitrogens with zero attached hydrogens (tertiary/aromatic N) is 2. The average Bonchev–Trinajstić information content (AvgIpc) is 2.60. The molecule has 0 saturated carbocycles. The Morgan fingerprint density at radius 2 is 1.92 bits per heavy atom. The third-order valence-corrected chi connectivity index (χ3v) is 5.57. The summed E-state index contributed by atoms with van der Waals surface area (Å²) < 4.78 is -1.19. The Hall–Kier alpha value is -2.34. The van der Waals surface area contributed by atoms with E-state index in [2.05, 4.69) is 10.3 Å². The summed E-state index contributed by atoms with van der Waals surface area (Å²) in [6.45, 7) is 3.58. The van der Waals surface area contributed by atoms with Crippen molar-refractivity contribution in [3.8, 4) is 0 Å². The molecular weight excluding hydrogens is 322 g/mol. The minimum atomic E-state index is -1.19. The fraction of sp³-hybridized carbons (Fsp3) is 0.278. The van der Waals surface area contributed by atoms with E-state index >= 15 is 0 Å². The van der Waals surface area contributed by atoms with Crippen LogP contribution in [-0.2, 0) is 9.59 Å². The van der Waals surface area contributed by atoms with Gasteiger partial charge in [0.05, 0.1) is 11.7 Å². The number of benzene rings is 1. The molecule has 0 bridgehead atoms. The SMILES string of the molecule is C[C@@H](NC(=O)[C@]1(C)Sc2ccccc2N(C)C1=O)c1ccncc1. The summed E-state index contributed by atoms with van der Waals surface area (Å²) >= 11 is 1.30. The van der Waals surface area contributed by atoms with E-state index in [0.717, 1.165) is 16.1 Å². The van der Waals surface area contributed by atoms with Crippen LogP contribution < -0.4 is 10.2 Å². The quantitative estimate of drug-likeness (QED) is 0.872. The molecule has 2 aromatic rings. The van der Waals surface area contributed by atoms with Crippen molar-refractivity contribution >= 4 is 29.3 Å². The van der Waals surface area contributed by atoms with Crippen molar-refractivity contribution in [1.29, 1.82) is 0 Å². The largest absolute Gasteiger partial charge is 0.348 e. The van der Waals surface area contributed by atoms with Gasteiger partial charge < -0.3 is 10.2 Å². The lowest BCUT2D eigenvalue weighted by Gasteiger charge is -2.37. The lowest BCUT2D eigenvalue weighted by atomic mass is 10.1. The van der Waals surface area contributed by atoms with Crippen molar-refractivity contribution in [3.05, 3.63) is 54.4 Å². The normalized spacial score (nSPS) is 21.1. The van der Waals surface area contributed by atoms with Crippen molar-refractivity contribution in [2.24, 2.45) is 0 Å². The summed E-state index contributed by atoms with van der Waals surface area (Å²) in [5, 5.41) is 2.95. The topological polar surface area (TPSA) is 62.3 Å². The predicted octanol–water partition coefficient (Wildman–Crippen LogP) is 2.79. The molecule has 2 atom stereocenters. The molecule has 3 rings (SSSR count). The van der Waals surface area contributed by atoms with E-state index < -0.39 is 4.75 Å². The summed E-state index contributed by atoms with van der Waals surface area (Å²) in [6.07, 6.45) is 3.37. The zero-order chi connectivity index (χ0) is 17.3. The third kappa shape index (κ3) is 2.78. The van der Waals surface area contributed by atoms with Crippen molar-refractivity contribution < 1.29 is 9.59 Å². The second kappa shape index (κ2) is 6.28. The van der Waals surface area contributed by atoms with Gasteiger partial charge in [0.25, 0.3) is 5.91 Å². The molecule has 1 N–H and O–H groups in total. The third-order valence-electron chi connectivity index (χ3n) is 4.24. The number of thioether (sulfide) groups is 1. The smallest absolute Gasteiger partial charge is 0.252 e. The highest BCUT2D eigenvalue weighted by molar-refractivity contribution is 8.02. The Morgan fingerprint density at radius 3 is 2.62 bits per heavy atom. The number of rotatable bonds is 3. The molecular formula is C18H19N3O2S. The zero-order valence-electron chi connectivity index (χ0n) is 13.8. The van der Waals surface area contributed by atoms with Crippen molar-refractivity contribution in [2.45, 2.75) is 29.5 Å². The average molecular weight is 341 g/mol. The first-order valence-corrected chi connectivity index (χ1v) is 8.52. The first-order chi connectivity index (χ1) is 11.4. The van der Waals surface area contributed by atoms with E-state index in [-0.39, 0.29) is 17.9 Å². The molecule has 124 valence electrons. The summed E-state index contributed by atoms with van der Waals surface area (Å²) in [5.74, 6) is -0.506. The molecule has 5 nitrogen and oxygen atoms in total. The van der Waals surface area contributed by atoms with Crippen LogP contribution in [0.2, 0.25) is 0 Å². The standard InChI is InChI=1S/C18H19N3O2S/c1-12(13-8-10-19-11-9-13)20-16(22)18(2)17(23)21(3)14-6-4-5-7-15(14)24-18/h4-12H,1-3H3,(H,20,22)/t12-,18+/m1/s1. The van der Waals surface area contributed by atoms with Crippen molar-refractivity contribution in [1.82, 2.24) is 10.3 Å². The molecule has 24 heavy (non-hydrogen) atoms. The zero-order valence-corrected chi connectivity index (χ0v) is 14.6. The van der Waals surface area contributed by atoms with E-state index in [1.54, 1.807) is 31.3 Å².